The number of rotatable bonds is 3. The van der Waals surface area contributed by atoms with Gasteiger partial charge in [0.05, 0.1) is 0 Å². The molecule has 20 heavy (non-hydrogen) atoms. The minimum absolute atomic E-state index is 0. The van der Waals surface area contributed by atoms with Crippen molar-refractivity contribution >= 4 is 36.5 Å². The molecule has 0 saturated carbocycles. The number of pyridine rings is 1. The SMILES string of the molecule is CCNC1CCN(C(=O)Nc2ccncc2)CC1.Cl.Cl. The molecule has 1 aliphatic heterocycles. The first-order valence-electron chi connectivity index (χ1n) is 6.49. The summed E-state index contributed by atoms with van der Waals surface area (Å²) >= 11 is 0. The maximum Gasteiger partial charge on any atom is 0.321 e. The number of nitrogens with one attached hydrogen (secondary N) is 2. The molecule has 2 heterocycles. The van der Waals surface area contributed by atoms with Gasteiger partial charge in [-0.25, -0.2) is 4.79 Å². The number of nitrogens with zero attached hydrogens (tertiary/aromatic N) is 2. The summed E-state index contributed by atoms with van der Waals surface area (Å²) in [4.78, 5) is 17.8. The van der Waals surface area contributed by atoms with Crippen LogP contribution in [-0.4, -0.2) is 41.6 Å². The lowest BCUT2D eigenvalue weighted by molar-refractivity contribution is 0.189. The molecule has 0 aliphatic carbocycles. The van der Waals surface area contributed by atoms with Gasteiger partial charge in [-0.05, 0) is 31.5 Å². The lowest BCUT2D eigenvalue weighted by Crippen LogP contribution is -2.46. The number of anilines is 1. The normalized spacial score (nSPS) is 14.9. The van der Waals surface area contributed by atoms with Crippen molar-refractivity contribution in [1.29, 1.82) is 0 Å². The van der Waals surface area contributed by atoms with Crippen LogP contribution in [0.25, 0.3) is 0 Å². The fourth-order valence-corrected chi connectivity index (χ4v) is 2.21. The average molecular weight is 321 g/mol. The molecule has 1 aliphatic rings. The molecule has 1 aromatic heterocycles. The summed E-state index contributed by atoms with van der Waals surface area (Å²) in [5.41, 5.74) is 0.795. The van der Waals surface area contributed by atoms with E-state index in [1.54, 1.807) is 24.5 Å². The van der Waals surface area contributed by atoms with E-state index in [-0.39, 0.29) is 30.8 Å². The van der Waals surface area contributed by atoms with Crippen molar-refractivity contribution in [2.24, 2.45) is 0 Å². The topological polar surface area (TPSA) is 57.3 Å². The van der Waals surface area contributed by atoms with Crippen LogP contribution >= 0.6 is 24.8 Å². The molecule has 0 aromatic carbocycles. The molecule has 2 rings (SSSR count). The van der Waals surface area contributed by atoms with Crippen molar-refractivity contribution in [2.45, 2.75) is 25.8 Å². The fourth-order valence-electron chi connectivity index (χ4n) is 2.21. The van der Waals surface area contributed by atoms with E-state index in [0.29, 0.717) is 6.04 Å². The average Bonchev–Trinajstić information content (AvgIpc) is 2.41. The number of likely N-dealkylation sites (tertiary alicyclic amines) is 1. The number of urea groups is 1. The van der Waals surface area contributed by atoms with Gasteiger partial charge in [-0.15, -0.1) is 24.8 Å². The molecule has 1 fully saturated rings. The van der Waals surface area contributed by atoms with Crippen LogP contribution in [0.2, 0.25) is 0 Å². The van der Waals surface area contributed by atoms with E-state index >= 15 is 0 Å². The minimum Gasteiger partial charge on any atom is -0.324 e. The smallest absolute Gasteiger partial charge is 0.321 e. The molecule has 0 spiro atoms. The molecule has 2 N–H and O–H groups in total. The quantitative estimate of drug-likeness (QED) is 0.899. The van der Waals surface area contributed by atoms with Gasteiger partial charge in [0.2, 0.25) is 0 Å². The largest absolute Gasteiger partial charge is 0.324 e. The van der Waals surface area contributed by atoms with Crippen LogP contribution in [0.4, 0.5) is 10.5 Å². The third kappa shape index (κ3) is 5.53. The summed E-state index contributed by atoms with van der Waals surface area (Å²) in [6, 6.07) is 4.13. The van der Waals surface area contributed by atoms with Gasteiger partial charge >= 0.3 is 6.03 Å². The highest BCUT2D eigenvalue weighted by atomic mass is 35.5. The minimum atomic E-state index is -0.0175. The van der Waals surface area contributed by atoms with E-state index in [0.717, 1.165) is 38.2 Å². The van der Waals surface area contributed by atoms with Gasteiger partial charge in [-0.2, -0.15) is 0 Å². The molecule has 1 aromatic rings. The van der Waals surface area contributed by atoms with E-state index in [4.69, 9.17) is 0 Å². The Hall–Kier alpha value is -1.04. The van der Waals surface area contributed by atoms with Crippen molar-refractivity contribution in [3.63, 3.8) is 0 Å². The molecular weight excluding hydrogens is 299 g/mol. The Morgan fingerprint density at radius 3 is 2.45 bits per heavy atom. The number of amides is 2. The number of carbonyl (C=O) groups excluding carboxylic acids is 1. The zero-order chi connectivity index (χ0) is 12.8. The van der Waals surface area contributed by atoms with Gasteiger partial charge in [0.1, 0.15) is 0 Å². The number of aromatic nitrogens is 1. The van der Waals surface area contributed by atoms with E-state index < -0.39 is 0 Å². The summed E-state index contributed by atoms with van der Waals surface area (Å²) in [6.07, 6.45) is 5.40. The standard InChI is InChI=1S/C13H20N4O.2ClH/c1-2-15-11-5-9-17(10-6-11)13(18)16-12-3-7-14-8-4-12;;/h3-4,7-8,11,15H,2,5-6,9-10H2,1H3,(H,14,16,18);2*1H. The number of carbonyl (C=O) groups is 1. The van der Waals surface area contributed by atoms with Crippen molar-refractivity contribution in [1.82, 2.24) is 15.2 Å². The maximum atomic E-state index is 12.0. The van der Waals surface area contributed by atoms with Crippen molar-refractivity contribution in [3.05, 3.63) is 24.5 Å². The molecule has 5 nitrogen and oxygen atoms in total. The Morgan fingerprint density at radius 2 is 1.90 bits per heavy atom. The van der Waals surface area contributed by atoms with Crippen LogP contribution in [-0.2, 0) is 0 Å². The molecule has 0 atom stereocenters. The van der Waals surface area contributed by atoms with E-state index in [9.17, 15) is 4.79 Å². The molecule has 114 valence electrons. The Morgan fingerprint density at radius 1 is 1.30 bits per heavy atom. The Bertz CT molecular complexity index is 383. The van der Waals surface area contributed by atoms with Gasteiger partial charge in [-0.1, -0.05) is 6.92 Å². The lowest BCUT2D eigenvalue weighted by Gasteiger charge is -2.32. The molecule has 1 saturated heterocycles. The van der Waals surface area contributed by atoms with E-state index in [2.05, 4.69) is 22.5 Å². The van der Waals surface area contributed by atoms with Crippen molar-refractivity contribution in [3.8, 4) is 0 Å². The highest BCUT2D eigenvalue weighted by Crippen LogP contribution is 2.12. The van der Waals surface area contributed by atoms with E-state index in [1.165, 1.54) is 0 Å². The fraction of sp³-hybridized carbons (Fsp3) is 0.538. The Labute approximate surface area is 132 Å². The van der Waals surface area contributed by atoms with Gasteiger partial charge in [0.15, 0.2) is 0 Å². The third-order valence-corrected chi connectivity index (χ3v) is 3.21. The second kappa shape index (κ2) is 9.80. The van der Waals surface area contributed by atoms with Crippen LogP contribution in [0.1, 0.15) is 19.8 Å². The zero-order valence-electron chi connectivity index (χ0n) is 11.5. The van der Waals surface area contributed by atoms with Crippen LogP contribution in [0.5, 0.6) is 0 Å². The van der Waals surface area contributed by atoms with E-state index in [1.807, 2.05) is 4.90 Å². The first-order valence-corrected chi connectivity index (χ1v) is 6.49. The number of piperidine rings is 1. The van der Waals surface area contributed by atoms with Crippen LogP contribution in [0.15, 0.2) is 24.5 Å². The monoisotopic (exact) mass is 320 g/mol. The van der Waals surface area contributed by atoms with Crippen LogP contribution in [0.3, 0.4) is 0 Å². The highest BCUT2D eigenvalue weighted by molar-refractivity contribution is 5.89. The molecule has 2 amide bonds. The number of hydrogen-bond donors (Lipinski definition) is 2. The highest BCUT2D eigenvalue weighted by Gasteiger charge is 2.21. The Kier molecular flexibility index (Phi) is 9.29. The van der Waals surface area contributed by atoms with Gasteiger partial charge < -0.3 is 15.5 Å². The third-order valence-electron chi connectivity index (χ3n) is 3.21. The van der Waals surface area contributed by atoms with Crippen LogP contribution < -0.4 is 10.6 Å². The number of hydrogen-bond acceptors (Lipinski definition) is 3. The van der Waals surface area contributed by atoms with Crippen molar-refractivity contribution in [2.75, 3.05) is 25.0 Å². The second-order valence-electron chi connectivity index (χ2n) is 4.49. The Balaban J connectivity index is 0.00000180. The first kappa shape index (κ1) is 19.0. The molecular formula is C13H22Cl2N4O. The van der Waals surface area contributed by atoms with Gasteiger partial charge in [0.25, 0.3) is 0 Å². The maximum absolute atomic E-state index is 12.0. The van der Waals surface area contributed by atoms with Crippen LogP contribution in [0, 0.1) is 0 Å². The molecule has 7 heteroatoms. The van der Waals surface area contributed by atoms with Crippen molar-refractivity contribution < 1.29 is 4.79 Å². The molecule has 0 bridgehead atoms. The number of halogens is 2. The molecule has 0 unspecified atom stereocenters. The summed E-state index contributed by atoms with van der Waals surface area (Å²) in [6.45, 7) is 4.74. The zero-order valence-corrected chi connectivity index (χ0v) is 13.2. The van der Waals surface area contributed by atoms with Gasteiger partial charge in [-0.3, -0.25) is 4.98 Å². The summed E-state index contributed by atoms with van der Waals surface area (Å²) in [7, 11) is 0. The summed E-state index contributed by atoms with van der Waals surface area (Å²) < 4.78 is 0. The lowest BCUT2D eigenvalue weighted by atomic mass is 10.1. The second-order valence-corrected chi connectivity index (χ2v) is 4.49. The predicted molar refractivity (Wildman–Crippen MR) is 86.0 cm³/mol. The first-order chi connectivity index (χ1) is 8.79. The van der Waals surface area contributed by atoms with Gasteiger partial charge in [0, 0.05) is 37.2 Å². The predicted octanol–water partition coefficient (Wildman–Crippen LogP) is 2.53. The summed E-state index contributed by atoms with van der Waals surface area (Å²) in [5, 5.41) is 6.31. The molecule has 0 radical (unpaired) electrons. The summed E-state index contributed by atoms with van der Waals surface area (Å²) in [5.74, 6) is 0.